The van der Waals surface area contributed by atoms with Crippen LogP contribution in [-0.4, -0.2) is 17.2 Å². The van der Waals surface area contributed by atoms with Crippen LogP contribution in [-0.2, 0) is 4.79 Å². The zero-order valence-corrected chi connectivity index (χ0v) is 5.51. The summed E-state index contributed by atoms with van der Waals surface area (Å²) in [6.45, 7) is 0. The van der Waals surface area contributed by atoms with E-state index in [9.17, 15) is 9.18 Å². The van der Waals surface area contributed by atoms with Gasteiger partial charge in [-0.2, -0.15) is 0 Å². The Morgan fingerprint density at radius 2 is 2.10 bits per heavy atom. The van der Waals surface area contributed by atoms with Crippen LogP contribution in [0.15, 0.2) is 0 Å². The van der Waals surface area contributed by atoms with E-state index < -0.39 is 17.6 Å². The molecule has 0 aromatic heterocycles. The van der Waals surface area contributed by atoms with Crippen molar-refractivity contribution in [2.75, 3.05) is 0 Å². The first-order valence-electron chi connectivity index (χ1n) is 3.55. The lowest BCUT2D eigenvalue weighted by Gasteiger charge is -2.05. The largest absolute Gasteiger partial charge is 0.481 e. The minimum Gasteiger partial charge on any atom is -0.481 e. The molecule has 2 rings (SSSR count). The highest BCUT2D eigenvalue weighted by molar-refractivity contribution is 5.80. The minimum atomic E-state index is -1.06. The van der Waals surface area contributed by atoms with Crippen LogP contribution in [0.4, 0.5) is 4.39 Å². The summed E-state index contributed by atoms with van der Waals surface area (Å²) in [6.07, 6.45) is 1.02. The molecule has 3 heteroatoms. The van der Waals surface area contributed by atoms with Gasteiger partial charge in [0.15, 0.2) is 0 Å². The van der Waals surface area contributed by atoms with Gasteiger partial charge in [-0.1, -0.05) is 0 Å². The van der Waals surface area contributed by atoms with E-state index in [1.54, 1.807) is 0 Å². The molecule has 1 N–H and O–H groups in total. The smallest absolute Gasteiger partial charge is 0.313 e. The lowest BCUT2D eigenvalue weighted by Crippen LogP contribution is -2.20. The Hall–Kier alpha value is -0.600. The summed E-state index contributed by atoms with van der Waals surface area (Å²) in [5, 5.41) is 8.64. The molecule has 0 aromatic carbocycles. The van der Waals surface area contributed by atoms with E-state index >= 15 is 0 Å². The molecular formula is C7H9FO2. The van der Waals surface area contributed by atoms with E-state index in [1.165, 1.54) is 0 Å². The Bertz CT molecular complexity index is 188. The zero-order valence-electron chi connectivity index (χ0n) is 5.51. The maximum atomic E-state index is 12.6. The number of hydrogen-bond acceptors (Lipinski definition) is 1. The van der Waals surface area contributed by atoms with Crippen molar-refractivity contribution in [1.82, 2.24) is 0 Å². The number of halogens is 1. The topological polar surface area (TPSA) is 37.3 Å². The third-order valence-electron chi connectivity index (χ3n) is 2.62. The number of carbonyl (C=O) groups is 1. The molecule has 0 aromatic rings. The molecule has 0 bridgehead atoms. The van der Waals surface area contributed by atoms with Gasteiger partial charge in [0, 0.05) is 0 Å². The summed E-state index contributed by atoms with van der Waals surface area (Å²) in [7, 11) is 0. The molecule has 2 fully saturated rings. The Labute approximate surface area is 58.0 Å². The lowest BCUT2D eigenvalue weighted by atomic mass is 10.0. The molecule has 0 heterocycles. The third kappa shape index (κ3) is 0.554. The first-order chi connectivity index (χ1) is 4.68. The molecule has 2 nitrogen and oxygen atoms in total. The van der Waals surface area contributed by atoms with Crippen molar-refractivity contribution in [3.63, 3.8) is 0 Å². The summed E-state index contributed by atoms with van der Waals surface area (Å²) in [5.41, 5.74) is -0.931. The molecule has 0 radical (unpaired) electrons. The molecule has 0 unspecified atom stereocenters. The Kier molecular flexibility index (Phi) is 0.932. The molecule has 0 amide bonds. The fourth-order valence-electron chi connectivity index (χ4n) is 1.65. The Morgan fingerprint density at radius 3 is 2.20 bits per heavy atom. The highest BCUT2D eigenvalue weighted by Crippen LogP contribution is 2.62. The normalized spacial score (nSPS) is 45.1. The fraction of sp³-hybridized carbons (Fsp3) is 0.857. The number of rotatable bonds is 2. The van der Waals surface area contributed by atoms with Gasteiger partial charge in [0.2, 0.25) is 0 Å². The van der Waals surface area contributed by atoms with Crippen LogP contribution in [0.1, 0.15) is 19.3 Å². The average molecular weight is 144 g/mol. The van der Waals surface area contributed by atoms with Gasteiger partial charge in [0.05, 0.1) is 0 Å². The lowest BCUT2D eigenvalue weighted by molar-refractivity contribution is -0.145. The SMILES string of the molecule is O=C(O)[C@@]1(C2CC2)C[C@@H]1F. The van der Waals surface area contributed by atoms with Crippen molar-refractivity contribution >= 4 is 5.97 Å². The predicted octanol–water partition coefficient (Wildman–Crippen LogP) is 1.21. The van der Waals surface area contributed by atoms with E-state index in [1.807, 2.05) is 0 Å². The maximum absolute atomic E-state index is 12.6. The van der Waals surface area contributed by atoms with Crippen LogP contribution < -0.4 is 0 Å². The molecule has 0 spiro atoms. The van der Waals surface area contributed by atoms with Gasteiger partial charge in [0.25, 0.3) is 0 Å². The second-order valence-corrected chi connectivity index (χ2v) is 3.29. The molecular weight excluding hydrogens is 135 g/mol. The van der Waals surface area contributed by atoms with Crippen molar-refractivity contribution in [2.45, 2.75) is 25.4 Å². The second-order valence-electron chi connectivity index (χ2n) is 3.29. The van der Waals surface area contributed by atoms with Gasteiger partial charge in [-0.25, -0.2) is 4.39 Å². The van der Waals surface area contributed by atoms with Gasteiger partial charge in [-0.3, -0.25) is 4.79 Å². The van der Waals surface area contributed by atoms with E-state index in [0.29, 0.717) is 0 Å². The van der Waals surface area contributed by atoms with Crippen LogP contribution >= 0.6 is 0 Å². The zero-order chi connectivity index (χ0) is 7.35. The number of aliphatic carboxylic acids is 1. The van der Waals surface area contributed by atoms with Crippen LogP contribution in [0, 0.1) is 11.3 Å². The van der Waals surface area contributed by atoms with Crippen molar-refractivity contribution in [2.24, 2.45) is 11.3 Å². The average Bonchev–Trinajstić information content (AvgIpc) is 2.55. The highest BCUT2D eigenvalue weighted by atomic mass is 19.1. The summed E-state index contributed by atoms with van der Waals surface area (Å²) in [5.74, 6) is -0.775. The third-order valence-corrected chi connectivity index (χ3v) is 2.62. The van der Waals surface area contributed by atoms with Crippen LogP contribution in [0.5, 0.6) is 0 Å². The molecule has 10 heavy (non-hydrogen) atoms. The van der Waals surface area contributed by atoms with Crippen LogP contribution in [0.3, 0.4) is 0 Å². The highest BCUT2D eigenvalue weighted by Gasteiger charge is 2.68. The van der Waals surface area contributed by atoms with Crippen molar-refractivity contribution < 1.29 is 14.3 Å². The summed E-state index contributed by atoms with van der Waals surface area (Å²) < 4.78 is 12.6. The van der Waals surface area contributed by atoms with Gasteiger partial charge >= 0.3 is 5.97 Å². The summed E-state index contributed by atoms with van der Waals surface area (Å²) in [6, 6.07) is 0. The van der Waals surface area contributed by atoms with Crippen LogP contribution in [0.25, 0.3) is 0 Å². The standard InChI is InChI=1S/C7H9FO2/c8-5-3-7(5,6(9)10)4-1-2-4/h4-5H,1-3H2,(H,9,10)/t5-,7+/m0/s1. The number of carboxylic acid groups (broad SMARTS) is 1. The van der Waals surface area contributed by atoms with Gasteiger partial charge < -0.3 is 5.11 Å². The second kappa shape index (κ2) is 1.52. The first kappa shape index (κ1) is 6.13. The molecule has 2 aliphatic carbocycles. The maximum Gasteiger partial charge on any atom is 0.313 e. The summed E-state index contributed by atoms with van der Waals surface area (Å²) in [4.78, 5) is 10.5. The molecule has 0 saturated heterocycles. The molecule has 2 aliphatic rings. The van der Waals surface area contributed by atoms with Gasteiger partial charge in [-0.05, 0) is 25.2 Å². The van der Waals surface area contributed by atoms with Gasteiger partial charge in [-0.15, -0.1) is 0 Å². The number of alkyl halides is 1. The van der Waals surface area contributed by atoms with Gasteiger partial charge in [0.1, 0.15) is 11.6 Å². The molecule has 2 atom stereocenters. The Morgan fingerprint density at radius 1 is 1.60 bits per heavy atom. The van der Waals surface area contributed by atoms with E-state index in [0.717, 1.165) is 12.8 Å². The predicted molar refractivity (Wildman–Crippen MR) is 32.3 cm³/mol. The van der Waals surface area contributed by atoms with Crippen molar-refractivity contribution in [1.29, 1.82) is 0 Å². The fourth-order valence-corrected chi connectivity index (χ4v) is 1.65. The first-order valence-corrected chi connectivity index (χ1v) is 3.55. The number of hydrogen-bond donors (Lipinski definition) is 1. The van der Waals surface area contributed by atoms with Crippen LogP contribution in [0.2, 0.25) is 0 Å². The molecule has 0 aliphatic heterocycles. The minimum absolute atomic E-state index is 0.153. The quantitative estimate of drug-likeness (QED) is 0.632. The monoisotopic (exact) mass is 144 g/mol. The molecule has 2 saturated carbocycles. The molecule has 56 valence electrons. The Balaban J connectivity index is 2.16. The van der Waals surface area contributed by atoms with Crippen molar-refractivity contribution in [3.8, 4) is 0 Å². The van der Waals surface area contributed by atoms with E-state index in [-0.39, 0.29) is 12.3 Å². The van der Waals surface area contributed by atoms with E-state index in [4.69, 9.17) is 5.11 Å². The summed E-state index contributed by atoms with van der Waals surface area (Å²) >= 11 is 0. The number of carboxylic acids is 1. The van der Waals surface area contributed by atoms with Crippen molar-refractivity contribution in [3.05, 3.63) is 0 Å². The van der Waals surface area contributed by atoms with E-state index in [2.05, 4.69) is 0 Å².